The van der Waals surface area contributed by atoms with Gasteiger partial charge in [0.15, 0.2) is 0 Å². The molecule has 1 fully saturated rings. The Morgan fingerprint density at radius 1 is 1.79 bits per heavy atom. The summed E-state index contributed by atoms with van der Waals surface area (Å²) < 4.78 is 7.38. The zero-order valence-electron chi connectivity index (χ0n) is 8.18. The van der Waals surface area contributed by atoms with Crippen molar-refractivity contribution >= 4 is 0 Å². The second-order valence-electron chi connectivity index (χ2n) is 3.45. The van der Waals surface area contributed by atoms with Crippen molar-refractivity contribution in [2.24, 2.45) is 5.92 Å². The molecule has 1 aliphatic heterocycles. The van der Waals surface area contributed by atoms with E-state index in [4.69, 9.17) is 10.00 Å². The van der Waals surface area contributed by atoms with Gasteiger partial charge in [-0.05, 0) is 13.3 Å². The van der Waals surface area contributed by atoms with Crippen LogP contribution in [0, 0.1) is 17.2 Å². The van der Waals surface area contributed by atoms with E-state index in [1.807, 2.05) is 17.8 Å². The highest BCUT2D eigenvalue weighted by molar-refractivity contribution is 5.14. The molecular formula is C10H13N3O. The summed E-state index contributed by atoms with van der Waals surface area (Å²) >= 11 is 0. The number of aromatic nitrogens is 2. The number of hydrogen-bond donors (Lipinski definition) is 0. The van der Waals surface area contributed by atoms with Gasteiger partial charge < -0.3 is 4.74 Å². The SMILES string of the molecule is CCn1cc(C2OCCC2C#N)cn1. The van der Waals surface area contributed by atoms with Crippen LogP contribution in [-0.2, 0) is 11.3 Å². The molecule has 14 heavy (non-hydrogen) atoms. The molecule has 2 heterocycles. The van der Waals surface area contributed by atoms with Crippen molar-refractivity contribution < 1.29 is 4.74 Å². The first-order valence-corrected chi connectivity index (χ1v) is 4.88. The van der Waals surface area contributed by atoms with Crippen LogP contribution in [0.5, 0.6) is 0 Å². The van der Waals surface area contributed by atoms with Gasteiger partial charge in [-0.3, -0.25) is 4.68 Å². The first-order valence-electron chi connectivity index (χ1n) is 4.88. The molecule has 0 bridgehead atoms. The van der Waals surface area contributed by atoms with Crippen LogP contribution in [0.4, 0.5) is 0 Å². The van der Waals surface area contributed by atoms with Crippen LogP contribution in [0.1, 0.15) is 25.0 Å². The molecule has 0 saturated carbocycles. The van der Waals surface area contributed by atoms with Gasteiger partial charge in [-0.25, -0.2) is 0 Å². The van der Waals surface area contributed by atoms with Gasteiger partial charge in [-0.15, -0.1) is 0 Å². The minimum Gasteiger partial charge on any atom is -0.372 e. The predicted molar refractivity (Wildman–Crippen MR) is 50.3 cm³/mol. The van der Waals surface area contributed by atoms with Crippen LogP contribution in [0.25, 0.3) is 0 Å². The standard InChI is InChI=1S/C10H13N3O/c1-2-13-7-9(6-12-13)10-8(5-11)3-4-14-10/h6-8,10H,2-4H2,1H3. The lowest BCUT2D eigenvalue weighted by molar-refractivity contribution is 0.101. The van der Waals surface area contributed by atoms with Gasteiger partial charge in [0.05, 0.1) is 18.2 Å². The molecule has 0 aromatic carbocycles. The molecule has 2 atom stereocenters. The van der Waals surface area contributed by atoms with Crippen LogP contribution in [0.3, 0.4) is 0 Å². The number of hydrogen-bond acceptors (Lipinski definition) is 3. The van der Waals surface area contributed by atoms with Crippen molar-refractivity contribution in [3.8, 4) is 6.07 Å². The van der Waals surface area contributed by atoms with E-state index in [1.54, 1.807) is 6.20 Å². The number of ether oxygens (including phenoxy) is 1. The van der Waals surface area contributed by atoms with Gasteiger partial charge in [-0.2, -0.15) is 10.4 Å². The van der Waals surface area contributed by atoms with E-state index in [9.17, 15) is 0 Å². The lowest BCUT2D eigenvalue weighted by Gasteiger charge is -2.09. The molecule has 0 aliphatic carbocycles. The van der Waals surface area contributed by atoms with Crippen molar-refractivity contribution in [2.75, 3.05) is 6.61 Å². The Bertz CT molecular complexity index is 352. The van der Waals surface area contributed by atoms with E-state index in [2.05, 4.69) is 11.2 Å². The Hall–Kier alpha value is -1.34. The predicted octanol–water partition coefficient (Wildman–Crippen LogP) is 1.50. The summed E-state index contributed by atoms with van der Waals surface area (Å²) in [5, 5.41) is 13.1. The quantitative estimate of drug-likeness (QED) is 0.711. The number of rotatable bonds is 2. The number of nitrogens with zero attached hydrogens (tertiary/aromatic N) is 3. The lowest BCUT2D eigenvalue weighted by atomic mass is 9.99. The summed E-state index contributed by atoms with van der Waals surface area (Å²) in [6.45, 7) is 3.57. The summed E-state index contributed by atoms with van der Waals surface area (Å²) in [6.07, 6.45) is 4.52. The lowest BCUT2D eigenvalue weighted by Crippen LogP contribution is -2.04. The van der Waals surface area contributed by atoms with Crippen molar-refractivity contribution in [3.05, 3.63) is 18.0 Å². The Balaban J connectivity index is 2.18. The summed E-state index contributed by atoms with van der Waals surface area (Å²) in [4.78, 5) is 0. The second-order valence-corrected chi connectivity index (χ2v) is 3.45. The van der Waals surface area contributed by atoms with E-state index in [1.165, 1.54) is 0 Å². The first-order chi connectivity index (χ1) is 6.85. The van der Waals surface area contributed by atoms with Crippen LogP contribution in [0.15, 0.2) is 12.4 Å². The van der Waals surface area contributed by atoms with Crippen molar-refractivity contribution in [1.29, 1.82) is 5.26 Å². The van der Waals surface area contributed by atoms with Gasteiger partial charge in [0, 0.05) is 24.9 Å². The van der Waals surface area contributed by atoms with Gasteiger partial charge in [0.2, 0.25) is 0 Å². The third-order valence-corrected chi connectivity index (χ3v) is 2.56. The molecule has 2 unspecified atom stereocenters. The van der Waals surface area contributed by atoms with Gasteiger partial charge >= 0.3 is 0 Å². The Morgan fingerprint density at radius 3 is 3.29 bits per heavy atom. The third-order valence-electron chi connectivity index (χ3n) is 2.56. The highest BCUT2D eigenvalue weighted by Gasteiger charge is 2.30. The number of aryl methyl sites for hydroxylation is 1. The molecule has 1 saturated heterocycles. The third kappa shape index (κ3) is 1.51. The van der Waals surface area contributed by atoms with E-state index >= 15 is 0 Å². The van der Waals surface area contributed by atoms with E-state index < -0.39 is 0 Å². The summed E-state index contributed by atoms with van der Waals surface area (Å²) in [5.74, 6) is -0.00972. The average Bonchev–Trinajstić information content (AvgIpc) is 2.85. The Labute approximate surface area is 83.1 Å². The zero-order chi connectivity index (χ0) is 9.97. The van der Waals surface area contributed by atoms with Gasteiger partial charge in [0.1, 0.15) is 6.10 Å². The van der Waals surface area contributed by atoms with Gasteiger partial charge in [-0.1, -0.05) is 0 Å². The van der Waals surface area contributed by atoms with Gasteiger partial charge in [0.25, 0.3) is 0 Å². The molecule has 0 N–H and O–H groups in total. The minimum absolute atomic E-state index is 0.00972. The molecule has 1 aromatic heterocycles. The zero-order valence-corrected chi connectivity index (χ0v) is 8.18. The topological polar surface area (TPSA) is 50.8 Å². The molecule has 4 heteroatoms. The Morgan fingerprint density at radius 2 is 2.64 bits per heavy atom. The molecular weight excluding hydrogens is 178 g/mol. The van der Waals surface area contributed by atoms with Crippen molar-refractivity contribution in [3.63, 3.8) is 0 Å². The molecule has 1 aromatic rings. The fraction of sp³-hybridized carbons (Fsp3) is 0.600. The maximum Gasteiger partial charge on any atom is 0.101 e. The highest BCUT2D eigenvalue weighted by Crippen LogP contribution is 2.33. The molecule has 4 nitrogen and oxygen atoms in total. The maximum absolute atomic E-state index is 8.90. The Kier molecular flexibility index (Phi) is 2.51. The smallest absolute Gasteiger partial charge is 0.101 e. The summed E-state index contributed by atoms with van der Waals surface area (Å²) in [7, 11) is 0. The van der Waals surface area contributed by atoms with E-state index in [0.29, 0.717) is 6.61 Å². The number of nitriles is 1. The van der Waals surface area contributed by atoms with Crippen LogP contribution in [-0.4, -0.2) is 16.4 Å². The minimum atomic E-state index is -0.0692. The summed E-state index contributed by atoms with van der Waals surface area (Å²) in [5.41, 5.74) is 1.02. The highest BCUT2D eigenvalue weighted by atomic mass is 16.5. The van der Waals surface area contributed by atoms with Crippen molar-refractivity contribution in [1.82, 2.24) is 9.78 Å². The molecule has 74 valence electrons. The maximum atomic E-state index is 8.90. The molecule has 0 radical (unpaired) electrons. The van der Waals surface area contributed by atoms with Crippen molar-refractivity contribution in [2.45, 2.75) is 26.0 Å². The fourth-order valence-electron chi connectivity index (χ4n) is 1.75. The molecule has 0 amide bonds. The average molecular weight is 191 g/mol. The summed E-state index contributed by atoms with van der Waals surface area (Å²) in [6, 6.07) is 2.28. The van der Waals surface area contributed by atoms with E-state index in [0.717, 1.165) is 18.5 Å². The molecule has 2 rings (SSSR count). The van der Waals surface area contributed by atoms with Crippen LogP contribution >= 0.6 is 0 Å². The van der Waals surface area contributed by atoms with E-state index in [-0.39, 0.29) is 12.0 Å². The second kappa shape index (κ2) is 3.81. The molecule has 0 spiro atoms. The van der Waals surface area contributed by atoms with Crippen LogP contribution in [0.2, 0.25) is 0 Å². The normalized spacial score (nSPS) is 26.3. The van der Waals surface area contributed by atoms with Crippen LogP contribution < -0.4 is 0 Å². The fourth-order valence-corrected chi connectivity index (χ4v) is 1.75. The first kappa shape index (κ1) is 9.22. The largest absolute Gasteiger partial charge is 0.372 e. The monoisotopic (exact) mass is 191 g/mol. The molecule has 1 aliphatic rings.